The van der Waals surface area contributed by atoms with Crippen LogP contribution in [0.5, 0.6) is 0 Å². The first kappa shape index (κ1) is 15.7. The number of aliphatic hydroxyl groups is 1. The maximum atomic E-state index is 13.9. The number of carbonyl (C=O) groups is 1. The lowest BCUT2D eigenvalue weighted by Gasteiger charge is -2.22. The van der Waals surface area contributed by atoms with Gasteiger partial charge in [0.25, 0.3) is 5.91 Å². The minimum atomic E-state index is -0.877. The van der Waals surface area contributed by atoms with E-state index in [2.05, 4.69) is 0 Å². The Morgan fingerprint density at radius 1 is 1.24 bits per heavy atom. The van der Waals surface area contributed by atoms with E-state index in [-0.39, 0.29) is 17.9 Å². The van der Waals surface area contributed by atoms with Crippen LogP contribution in [0.2, 0.25) is 0 Å². The van der Waals surface area contributed by atoms with E-state index in [1.165, 1.54) is 4.90 Å². The summed E-state index contributed by atoms with van der Waals surface area (Å²) < 4.78 is 27.2. The van der Waals surface area contributed by atoms with Crippen LogP contribution in [-0.2, 0) is 0 Å². The molecule has 21 heavy (non-hydrogen) atoms. The van der Waals surface area contributed by atoms with Crippen molar-refractivity contribution in [1.82, 2.24) is 9.80 Å². The molecular formula is C14H19F2N3O2. The predicted octanol–water partition coefficient (Wildman–Crippen LogP) is 0.687. The zero-order chi connectivity index (χ0) is 15.4. The molecule has 1 amide bonds. The molecule has 1 aromatic rings. The van der Waals surface area contributed by atoms with E-state index >= 15 is 0 Å². The van der Waals surface area contributed by atoms with E-state index in [9.17, 15) is 13.6 Å². The van der Waals surface area contributed by atoms with Gasteiger partial charge in [-0.2, -0.15) is 0 Å². The molecule has 0 bridgehead atoms. The van der Waals surface area contributed by atoms with Gasteiger partial charge in [-0.25, -0.2) is 8.78 Å². The number of amides is 1. The lowest BCUT2D eigenvalue weighted by atomic mass is 10.1. The highest BCUT2D eigenvalue weighted by molar-refractivity contribution is 5.95. The Hall–Kier alpha value is -1.73. The van der Waals surface area contributed by atoms with Gasteiger partial charge in [-0.1, -0.05) is 0 Å². The van der Waals surface area contributed by atoms with Crippen molar-refractivity contribution in [3.63, 3.8) is 0 Å². The van der Waals surface area contributed by atoms with E-state index in [1.54, 1.807) is 0 Å². The SMILES string of the molecule is Nc1cc(F)cc(C(=O)N2CCCN(CCO)CC2)c1F. The second-order valence-corrected chi connectivity index (χ2v) is 5.07. The van der Waals surface area contributed by atoms with Crippen LogP contribution in [0.1, 0.15) is 16.8 Å². The molecule has 3 N–H and O–H groups in total. The molecule has 0 atom stereocenters. The van der Waals surface area contributed by atoms with Crippen molar-refractivity contribution in [1.29, 1.82) is 0 Å². The van der Waals surface area contributed by atoms with Gasteiger partial charge in [0, 0.05) is 26.2 Å². The number of nitrogen functional groups attached to an aromatic ring is 1. The largest absolute Gasteiger partial charge is 0.396 e. The predicted molar refractivity (Wildman–Crippen MR) is 74.8 cm³/mol. The number of aliphatic hydroxyl groups excluding tert-OH is 1. The van der Waals surface area contributed by atoms with Gasteiger partial charge in [-0.05, 0) is 25.1 Å². The highest BCUT2D eigenvalue weighted by atomic mass is 19.1. The van der Waals surface area contributed by atoms with Crippen molar-refractivity contribution in [3.8, 4) is 0 Å². The fourth-order valence-electron chi connectivity index (χ4n) is 2.48. The monoisotopic (exact) mass is 299 g/mol. The number of β-amino-alcohol motifs (C(OH)–C–C–N with tert-alkyl or cyclic N) is 1. The molecule has 1 aliphatic rings. The zero-order valence-electron chi connectivity index (χ0n) is 11.7. The third kappa shape index (κ3) is 3.68. The third-order valence-electron chi connectivity index (χ3n) is 3.59. The number of rotatable bonds is 3. The van der Waals surface area contributed by atoms with Gasteiger partial charge >= 0.3 is 0 Å². The minimum absolute atomic E-state index is 0.0585. The molecular weight excluding hydrogens is 280 g/mol. The summed E-state index contributed by atoms with van der Waals surface area (Å²) >= 11 is 0. The summed E-state index contributed by atoms with van der Waals surface area (Å²) in [6.07, 6.45) is 0.720. The number of hydrogen-bond acceptors (Lipinski definition) is 4. The maximum absolute atomic E-state index is 13.9. The van der Waals surface area contributed by atoms with Crippen LogP contribution in [0, 0.1) is 11.6 Å². The summed E-state index contributed by atoms with van der Waals surface area (Å²) in [7, 11) is 0. The Bertz CT molecular complexity index is 525. The Balaban J connectivity index is 2.13. The number of halogens is 2. The number of nitrogens with two attached hydrogens (primary N) is 1. The zero-order valence-corrected chi connectivity index (χ0v) is 11.7. The van der Waals surface area contributed by atoms with E-state index in [1.807, 2.05) is 4.90 Å². The third-order valence-corrected chi connectivity index (χ3v) is 3.59. The fourth-order valence-corrected chi connectivity index (χ4v) is 2.48. The van der Waals surface area contributed by atoms with Gasteiger partial charge in [-0.3, -0.25) is 9.69 Å². The normalized spacial score (nSPS) is 16.8. The summed E-state index contributed by atoms with van der Waals surface area (Å²) in [5, 5.41) is 8.93. The molecule has 0 radical (unpaired) electrons. The molecule has 116 valence electrons. The second-order valence-electron chi connectivity index (χ2n) is 5.07. The van der Waals surface area contributed by atoms with E-state index in [0.29, 0.717) is 26.2 Å². The Kier molecular flexibility index (Phi) is 5.08. The molecule has 7 heteroatoms. The first-order chi connectivity index (χ1) is 10.0. The number of carbonyl (C=O) groups excluding carboxylic acids is 1. The molecule has 5 nitrogen and oxygen atoms in total. The van der Waals surface area contributed by atoms with Crippen molar-refractivity contribution < 1.29 is 18.7 Å². The van der Waals surface area contributed by atoms with Crippen molar-refractivity contribution in [3.05, 3.63) is 29.3 Å². The molecule has 0 aromatic heterocycles. The quantitative estimate of drug-likeness (QED) is 0.806. The van der Waals surface area contributed by atoms with Crippen molar-refractivity contribution in [2.24, 2.45) is 0 Å². The second kappa shape index (κ2) is 6.82. The van der Waals surface area contributed by atoms with E-state index in [4.69, 9.17) is 10.8 Å². The lowest BCUT2D eigenvalue weighted by molar-refractivity contribution is 0.0755. The highest BCUT2D eigenvalue weighted by Crippen LogP contribution is 2.19. The van der Waals surface area contributed by atoms with E-state index < -0.39 is 17.5 Å². The molecule has 1 aromatic carbocycles. The van der Waals surface area contributed by atoms with Gasteiger partial charge in [0.1, 0.15) is 5.82 Å². The molecule has 0 aliphatic carbocycles. The smallest absolute Gasteiger partial charge is 0.257 e. The number of benzene rings is 1. The maximum Gasteiger partial charge on any atom is 0.257 e. The Morgan fingerprint density at radius 2 is 2.00 bits per heavy atom. The Morgan fingerprint density at radius 3 is 2.71 bits per heavy atom. The summed E-state index contributed by atoms with van der Waals surface area (Å²) in [5.74, 6) is -2.16. The molecule has 0 saturated carbocycles. The number of anilines is 1. The fraction of sp³-hybridized carbons (Fsp3) is 0.500. The highest BCUT2D eigenvalue weighted by Gasteiger charge is 2.24. The van der Waals surface area contributed by atoms with Gasteiger partial charge in [0.15, 0.2) is 5.82 Å². The molecule has 1 saturated heterocycles. The number of hydrogen-bond donors (Lipinski definition) is 2. The van der Waals surface area contributed by atoms with E-state index in [0.717, 1.165) is 25.1 Å². The average molecular weight is 299 g/mol. The van der Waals surface area contributed by atoms with Crippen LogP contribution in [0.15, 0.2) is 12.1 Å². The topological polar surface area (TPSA) is 69.8 Å². The first-order valence-electron chi connectivity index (χ1n) is 6.90. The van der Waals surface area contributed by atoms with Crippen LogP contribution in [0.3, 0.4) is 0 Å². The molecule has 1 fully saturated rings. The average Bonchev–Trinajstić information content (AvgIpc) is 2.68. The summed E-state index contributed by atoms with van der Waals surface area (Å²) in [5.41, 5.74) is 4.66. The van der Waals surface area contributed by atoms with Crippen molar-refractivity contribution >= 4 is 11.6 Å². The Labute approximate surface area is 121 Å². The minimum Gasteiger partial charge on any atom is -0.396 e. The van der Waals surface area contributed by atoms with Crippen LogP contribution >= 0.6 is 0 Å². The van der Waals surface area contributed by atoms with Gasteiger partial charge < -0.3 is 15.7 Å². The van der Waals surface area contributed by atoms with Crippen LogP contribution in [0.4, 0.5) is 14.5 Å². The van der Waals surface area contributed by atoms with Crippen molar-refractivity contribution in [2.45, 2.75) is 6.42 Å². The molecule has 1 aliphatic heterocycles. The standard InChI is InChI=1S/C14H19F2N3O2/c15-10-8-11(13(16)12(17)9-10)14(21)19-3-1-2-18(4-5-19)6-7-20/h8-9,20H,1-7,17H2. The first-order valence-corrected chi connectivity index (χ1v) is 6.90. The van der Waals surface area contributed by atoms with Crippen LogP contribution in [-0.4, -0.2) is 60.1 Å². The molecule has 0 unspecified atom stereocenters. The molecule has 1 heterocycles. The summed E-state index contributed by atoms with van der Waals surface area (Å²) in [6.45, 7) is 2.84. The van der Waals surface area contributed by atoms with Gasteiger partial charge in [0.2, 0.25) is 0 Å². The number of nitrogens with zero attached hydrogens (tertiary/aromatic N) is 2. The molecule has 0 spiro atoms. The summed E-state index contributed by atoms with van der Waals surface area (Å²) in [4.78, 5) is 15.9. The lowest BCUT2D eigenvalue weighted by Crippen LogP contribution is -2.36. The van der Waals surface area contributed by atoms with Gasteiger partial charge in [-0.15, -0.1) is 0 Å². The molecule has 2 rings (SSSR count). The van der Waals surface area contributed by atoms with Gasteiger partial charge in [0.05, 0.1) is 17.9 Å². The van der Waals surface area contributed by atoms with Crippen molar-refractivity contribution in [2.75, 3.05) is 45.1 Å². The van der Waals surface area contributed by atoms with Crippen LogP contribution < -0.4 is 5.73 Å². The van der Waals surface area contributed by atoms with Crippen LogP contribution in [0.25, 0.3) is 0 Å². The summed E-state index contributed by atoms with van der Waals surface area (Å²) in [6, 6.07) is 1.74.